The quantitative estimate of drug-likeness (QED) is 0.755. The SMILES string of the molecule is O=CCCN(Cc1ccccc1)C(=O)c1ccccc1. The van der Waals surface area contributed by atoms with Crippen LogP contribution < -0.4 is 0 Å². The summed E-state index contributed by atoms with van der Waals surface area (Å²) in [4.78, 5) is 24.8. The molecule has 3 nitrogen and oxygen atoms in total. The van der Waals surface area contributed by atoms with Crippen LogP contribution in [0.3, 0.4) is 0 Å². The van der Waals surface area contributed by atoms with E-state index in [0.29, 0.717) is 25.1 Å². The molecule has 0 saturated carbocycles. The van der Waals surface area contributed by atoms with Crippen molar-refractivity contribution >= 4 is 12.2 Å². The summed E-state index contributed by atoms with van der Waals surface area (Å²) in [7, 11) is 0. The first-order valence-corrected chi connectivity index (χ1v) is 6.63. The van der Waals surface area contributed by atoms with Gasteiger partial charge in [0.25, 0.3) is 5.91 Å². The molecule has 0 heterocycles. The number of hydrogen-bond acceptors (Lipinski definition) is 2. The van der Waals surface area contributed by atoms with Crippen molar-refractivity contribution in [3.63, 3.8) is 0 Å². The summed E-state index contributed by atoms with van der Waals surface area (Å²) in [5.74, 6) is -0.0451. The second-order valence-corrected chi connectivity index (χ2v) is 4.53. The number of aldehydes is 1. The molecule has 20 heavy (non-hydrogen) atoms. The van der Waals surface area contributed by atoms with Crippen LogP contribution in [0.15, 0.2) is 60.7 Å². The van der Waals surface area contributed by atoms with Gasteiger partial charge in [0.05, 0.1) is 0 Å². The fourth-order valence-electron chi connectivity index (χ4n) is 2.03. The molecular weight excluding hydrogens is 250 g/mol. The van der Waals surface area contributed by atoms with Crippen molar-refractivity contribution in [2.45, 2.75) is 13.0 Å². The third-order valence-electron chi connectivity index (χ3n) is 3.04. The minimum absolute atomic E-state index is 0.0451. The highest BCUT2D eigenvalue weighted by atomic mass is 16.2. The molecule has 1 amide bonds. The largest absolute Gasteiger partial charge is 0.334 e. The van der Waals surface area contributed by atoms with Crippen molar-refractivity contribution in [2.75, 3.05) is 6.54 Å². The van der Waals surface area contributed by atoms with Crippen LogP contribution in [0.5, 0.6) is 0 Å². The third-order valence-corrected chi connectivity index (χ3v) is 3.04. The molecule has 0 unspecified atom stereocenters. The van der Waals surface area contributed by atoms with Crippen molar-refractivity contribution in [3.05, 3.63) is 71.8 Å². The number of carbonyl (C=O) groups excluding carboxylic acids is 2. The molecule has 0 aliphatic carbocycles. The first kappa shape index (κ1) is 14.0. The minimum Gasteiger partial charge on any atom is -0.334 e. The van der Waals surface area contributed by atoms with Crippen LogP contribution in [0.2, 0.25) is 0 Å². The number of benzene rings is 2. The molecule has 2 rings (SSSR count). The zero-order chi connectivity index (χ0) is 14.2. The van der Waals surface area contributed by atoms with Gasteiger partial charge in [-0.05, 0) is 17.7 Å². The lowest BCUT2D eigenvalue weighted by Crippen LogP contribution is -2.31. The van der Waals surface area contributed by atoms with Gasteiger partial charge >= 0.3 is 0 Å². The van der Waals surface area contributed by atoms with Gasteiger partial charge in [0.1, 0.15) is 6.29 Å². The maximum atomic E-state index is 12.5. The van der Waals surface area contributed by atoms with Crippen LogP contribution in [-0.4, -0.2) is 23.6 Å². The van der Waals surface area contributed by atoms with E-state index in [1.54, 1.807) is 17.0 Å². The van der Waals surface area contributed by atoms with E-state index in [9.17, 15) is 9.59 Å². The zero-order valence-corrected chi connectivity index (χ0v) is 11.2. The average molecular weight is 267 g/mol. The van der Waals surface area contributed by atoms with Crippen LogP contribution in [0.1, 0.15) is 22.3 Å². The molecule has 0 N–H and O–H groups in total. The lowest BCUT2D eigenvalue weighted by Gasteiger charge is -2.22. The fraction of sp³-hybridized carbons (Fsp3) is 0.176. The Labute approximate surface area is 118 Å². The van der Waals surface area contributed by atoms with Gasteiger partial charge < -0.3 is 9.69 Å². The predicted octanol–water partition coefficient (Wildman–Crippen LogP) is 2.92. The number of amides is 1. The van der Waals surface area contributed by atoms with Crippen LogP contribution in [0, 0.1) is 0 Å². The smallest absolute Gasteiger partial charge is 0.254 e. The second kappa shape index (κ2) is 7.24. The lowest BCUT2D eigenvalue weighted by molar-refractivity contribution is -0.108. The van der Waals surface area contributed by atoms with E-state index in [1.807, 2.05) is 48.5 Å². The normalized spacial score (nSPS) is 10.0. The Hall–Kier alpha value is -2.42. The summed E-state index contributed by atoms with van der Waals surface area (Å²) >= 11 is 0. The molecule has 0 saturated heterocycles. The monoisotopic (exact) mass is 267 g/mol. The first-order valence-electron chi connectivity index (χ1n) is 6.63. The maximum absolute atomic E-state index is 12.5. The van der Waals surface area contributed by atoms with Gasteiger partial charge in [-0.3, -0.25) is 4.79 Å². The zero-order valence-electron chi connectivity index (χ0n) is 11.2. The Morgan fingerprint density at radius 2 is 1.55 bits per heavy atom. The van der Waals surface area contributed by atoms with E-state index >= 15 is 0 Å². The summed E-state index contributed by atoms with van der Waals surface area (Å²) in [6.07, 6.45) is 1.20. The van der Waals surface area contributed by atoms with Crippen molar-refractivity contribution in [2.24, 2.45) is 0 Å². The molecule has 0 fully saturated rings. The number of nitrogens with zero attached hydrogens (tertiary/aromatic N) is 1. The molecular formula is C17H17NO2. The van der Waals surface area contributed by atoms with Gasteiger partial charge in [0.2, 0.25) is 0 Å². The van der Waals surface area contributed by atoms with Crippen molar-refractivity contribution < 1.29 is 9.59 Å². The Bertz CT molecular complexity index is 552. The van der Waals surface area contributed by atoms with Crippen LogP contribution in [0.25, 0.3) is 0 Å². The third kappa shape index (κ3) is 3.79. The van der Waals surface area contributed by atoms with Gasteiger partial charge in [-0.15, -0.1) is 0 Å². The van der Waals surface area contributed by atoms with Crippen LogP contribution >= 0.6 is 0 Å². The number of rotatable bonds is 6. The fourth-order valence-corrected chi connectivity index (χ4v) is 2.03. The van der Waals surface area contributed by atoms with Gasteiger partial charge in [0.15, 0.2) is 0 Å². The summed E-state index contributed by atoms with van der Waals surface area (Å²) in [6, 6.07) is 18.9. The van der Waals surface area contributed by atoms with Crippen molar-refractivity contribution in [1.29, 1.82) is 0 Å². The molecule has 2 aromatic carbocycles. The predicted molar refractivity (Wildman–Crippen MR) is 78.3 cm³/mol. The molecule has 0 aliphatic rings. The number of carbonyl (C=O) groups is 2. The van der Waals surface area contributed by atoms with E-state index in [1.165, 1.54) is 0 Å². The van der Waals surface area contributed by atoms with E-state index in [4.69, 9.17) is 0 Å². The summed E-state index contributed by atoms with van der Waals surface area (Å²) < 4.78 is 0. The van der Waals surface area contributed by atoms with Crippen molar-refractivity contribution in [3.8, 4) is 0 Å². The van der Waals surface area contributed by atoms with E-state index in [0.717, 1.165) is 11.8 Å². The van der Waals surface area contributed by atoms with Crippen LogP contribution in [0.4, 0.5) is 0 Å². The topological polar surface area (TPSA) is 37.4 Å². The van der Waals surface area contributed by atoms with Crippen molar-refractivity contribution in [1.82, 2.24) is 4.90 Å². The Kier molecular flexibility index (Phi) is 5.07. The highest BCUT2D eigenvalue weighted by Crippen LogP contribution is 2.10. The van der Waals surface area contributed by atoms with E-state index in [-0.39, 0.29) is 5.91 Å². The Morgan fingerprint density at radius 3 is 2.15 bits per heavy atom. The number of hydrogen-bond donors (Lipinski definition) is 0. The summed E-state index contributed by atoms with van der Waals surface area (Å²) in [5.41, 5.74) is 1.71. The molecule has 0 bridgehead atoms. The first-order chi connectivity index (χ1) is 9.81. The summed E-state index contributed by atoms with van der Waals surface area (Å²) in [6.45, 7) is 0.953. The molecule has 0 spiro atoms. The Morgan fingerprint density at radius 1 is 0.950 bits per heavy atom. The lowest BCUT2D eigenvalue weighted by atomic mass is 10.1. The molecule has 102 valence electrons. The Balaban J connectivity index is 2.14. The highest BCUT2D eigenvalue weighted by molar-refractivity contribution is 5.94. The van der Waals surface area contributed by atoms with E-state index < -0.39 is 0 Å². The maximum Gasteiger partial charge on any atom is 0.254 e. The van der Waals surface area contributed by atoms with Gasteiger partial charge in [-0.25, -0.2) is 0 Å². The molecule has 0 atom stereocenters. The molecule has 0 radical (unpaired) electrons. The van der Waals surface area contributed by atoms with Gasteiger partial charge in [-0.2, -0.15) is 0 Å². The van der Waals surface area contributed by atoms with Gasteiger partial charge in [-0.1, -0.05) is 48.5 Å². The van der Waals surface area contributed by atoms with Gasteiger partial charge in [0, 0.05) is 25.1 Å². The second-order valence-electron chi connectivity index (χ2n) is 4.53. The summed E-state index contributed by atoms with van der Waals surface area (Å²) in [5, 5.41) is 0. The van der Waals surface area contributed by atoms with E-state index in [2.05, 4.69) is 0 Å². The molecule has 3 heteroatoms. The minimum atomic E-state index is -0.0451. The molecule has 2 aromatic rings. The average Bonchev–Trinajstić information content (AvgIpc) is 2.52. The highest BCUT2D eigenvalue weighted by Gasteiger charge is 2.15. The molecule has 0 aromatic heterocycles. The standard InChI is InChI=1S/C17H17NO2/c19-13-7-12-18(14-15-8-3-1-4-9-15)17(20)16-10-5-2-6-11-16/h1-6,8-11,13H,7,12,14H2. The van der Waals surface area contributed by atoms with Crippen LogP contribution in [-0.2, 0) is 11.3 Å². The molecule has 0 aliphatic heterocycles.